The SMILES string of the molecule is CCN1CC[C@H](C)[C@](C)(CO)C1. The van der Waals surface area contributed by atoms with Gasteiger partial charge in [-0.1, -0.05) is 20.8 Å². The van der Waals surface area contributed by atoms with Crippen LogP contribution in [0.1, 0.15) is 27.2 Å². The number of hydrogen-bond acceptors (Lipinski definition) is 2. The lowest BCUT2D eigenvalue weighted by atomic mass is 9.74. The number of rotatable bonds is 2. The van der Waals surface area contributed by atoms with Crippen molar-refractivity contribution in [3.63, 3.8) is 0 Å². The van der Waals surface area contributed by atoms with Gasteiger partial charge in [-0.3, -0.25) is 0 Å². The molecular weight excluding hydrogens is 150 g/mol. The van der Waals surface area contributed by atoms with E-state index in [0.717, 1.165) is 13.1 Å². The Labute approximate surface area is 75.6 Å². The molecule has 0 aromatic heterocycles. The molecule has 1 saturated heterocycles. The molecule has 2 heteroatoms. The van der Waals surface area contributed by atoms with E-state index in [9.17, 15) is 5.11 Å². The molecule has 1 aliphatic heterocycles. The molecule has 0 radical (unpaired) electrons. The first-order valence-corrected chi connectivity index (χ1v) is 4.95. The third-order valence-corrected chi connectivity index (χ3v) is 3.46. The molecule has 2 atom stereocenters. The Balaban J connectivity index is 2.58. The van der Waals surface area contributed by atoms with Crippen molar-refractivity contribution in [2.24, 2.45) is 11.3 Å². The predicted molar refractivity (Wildman–Crippen MR) is 51.1 cm³/mol. The normalized spacial score (nSPS) is 38.5. The fourth-order valence-electron chi connectivity index (χ4n) is 1.95. The average molecular weight is 171 g/mol. The summed E-state index contributed by atoms with van der Waals surface area (Å²) in [5, 5.41) is 9.31. The van der Waals surface area contributed by atoms with Crippen molar-refractivity contribution in [3.8, 4) is 0 Å². The number of aliphatic hydroxyl groups excluding tert-OH is 1. The Morgan fingerprint density at radius 2 is 2.25 bits per heavy atom. The third kappa shape index (κ3) is 1.80. The van der Waals surface area contributed by atoms with Crippen LogP contribution in [-0.2, 0) is 0 Å². The topological polar surface area (TPSA) is 23.5 Å². The van der Waals surface area contributed by atoms with Crippen LogP contribution in [0, 0.1) is 11.3 Å². The van der Waals surface area contributed by atoms with Crippen molar-refractivity contribution in [2.45, 2.75) is 27.2 Å². The van der Waals surface area contributed by atoms with E-state index in [1.807, 2.05) is 0 Å². The molecule has 0 saturated carbocycles. The highest BCUT2D eigenvalue weighted by Crippen LogP contribution is 2.34. The van der Waals surface area contributed by atoms with Crippen molar-refractivity contribution in [3.05, 3.63) is 0 Å². The van der Waals surface area contributed by atoms with Crippen molar-refractivity contribution in [1.82, 2.24) is 4.90 Å². The van der Waals surface area contributed by atoms with Gasteiger partial charge in [0.25, 0.3) is 0 Å². The lowest BCUT2D eigenvalue weighted by Gasteiger charge is -2.43. The quantitative estimate of drug-likeness (QED) is 0.678. The highest BCUT2D eigenvalue weighted by Gasteiger charge is 2.35. The minimum Gasteiger partial charge on any atom is -0.396 e. The van der Waals surface area contributed by atoms with Crippen LogP contribution in [0.25, 0.3) is 0 Å². The van der Waals surface area contributed by atoms with Gasteiger partial charge >= 0.3 is 0 Å². The van der Waals surface area contributed by atoms with E-state index < -0.39 is 0 Å². The fourth-order valence-corrected chi connectivity index (χ4v) is 1.95. The summed E-state index contributed by atoms with van der Waals surface area (Å²) in [6.07, 6.45) is 1.23. The van der Waals surface area contributed by atoms with Gasteiger partial charge in [-0.05, 0) is 25.4 Å². The fraction of sp³-hybridized carbons (Fsp3) is 1.00. The molecule has 0 aliphatic carbocycles. The molecule has 0 aromatic rings. The number of piperidine rings is 1. The molecule has 0 bridgehead atoms. The molecule has 0 unspecified atom stereocenters. The van der Waals surface area contributed by atoms with E-state index in [4.69, 9.17) is 0 Å². The smallest absolute Gasteiger partial charge is 0.0499 e. The second-order valence-electron chi connectivity index (χ2n) is 4.37. The van der Waals surface area contributed by atoms with Gasteiger partial charge in [0.05, 0.1) is 0 Å². The molecular formula is C10H21NO. The lowest BCUT2D eigenvalue weighted by Crippen LogP contribution is -2.48. The van der Waals surface area contributed by atoms with E-state index in [0.29, 0.717) is 12.5 Å². The summed E-state index contributed by atoms with van der Waals surface area (Å²) in [6.45, 7) is 10.3. The molecule has 1 rings (SSSR count). The summed E-state index contributed by atoms with van der Waals surface area (Å²) >= 11 is 0. The standard InChI is InChI=1S/C10H21NO/c1-4-11-6-5-9(2)10(3,7-11)8-12/h9,12H,4-8H2,1-3H3/t9-,10-/m0/s1. The van der Waals surface area contributed by atoms with Crippen LogP contribution in [0.15, 0.2) is 0 Å². The van der Waals surface area contributed by atoms with Crippen LogP contribution in [0.5, 0.6) is 0 Å². The first-order valence-electron chi connectivity index (χ1n) is 4.95. The number of nitrogens with zero attached hydrogens (tertiary/aromatic N) is 1. The monoisotopic (exact) mass is 171 g/mol. The maximum atomic E-state index is 9.31. The molecule has 0 spiro atoms. The van der Waals surface area contributed by atoms with Crippen molar-refractivity contribution < 1.29 is 5.11 Å². The Kier molecular flexibility index (Phi) is 3.13. The minimum atomic E-state index is 0.133. The van der Waals surface area contributed by atoms with Gasteiger partial charge in [-0.25, -0.2) is 0 Å². The Hall–Kier alpha value is -0.0800. The largest absolute Gasteiger partial charge is 0.396 e. The molecule has 0 aromatic carbocycles. The molecule has 12 heavy (non-hydrogen) atoms. The lowest BCUT2D eigenvalue weighted by molar-refractivity contribution is 0.00483. The Bertz CT molecular complexity index is 149. The first kappa shape index (κ1) is 10.0. The van der Waals surface area contributed by atoms with Crippen LogP contribution >= 0.6 is 0 Å². The molecule has 1 heterocycles. The zero-order chi connectivity index (χ0) is 9.19. The highest BCUT2D eigenvalue weighted by atomic mass is 16.3. The number of likely N-dealkylation sites (tertiary alicyclic amines) is 1. The molecule has 1 N–H and O–H groups in total. The Morgan fingerprint density at radius 3 is 2.75 bits per heavy atom. The van der Waals surface area contributed by atoms with E-state index in [1.165, 1.54) is 13.0 Å². The highest BCUT2D eigenvalue weighted by molar-refractivity contribution is 4.87. The average Bonchev–Trinajstić information content (AvgIpc) is 2.10. The van der Waals surface area contributed by atoms with Gasteiger partial charge in [0.15, 0.2) is 0 Å². The zero-order valence-electron chi connectivity index (χ0n) is 8.51. The maximum absolute atomic E-state index is 9.31. The first-order chi connectivity index (χ1) is 5.62. The molecule has 1 fully saturated rings. The van der Waals surface area contributed by atoms with E-state index in [2.05, 4.69) is 25.7 Å². The maximum Gasteiger partial charge on any atom is 0.0499 e. The van der Waals surface area contributed by atoms with Gasteiger partial charge in [-0.15, -0.1) is 0 Å². The third-order valence-electron chi connectivity index (χ3n) is 3.46. The molecule has 72 valence electrons. The van der Waals surface area contributed by atoms with E-state index in [-0.39, 0.29) is 5.41 Å². The van der Waals surface area contributed by atoms with Crippen molar-refractivity contribution in [1.29, 1.82) is 0 Å². The summed E-state index contributed by atoms with van der Waals surface area (Å²) in [6, 6.07) is 0. The van der Waals surface area contributed by atoms with Gasteiger partial charge in [0.2, 0.25) is 0 Å². The zero-order valence-corrected chi connectivity index (χ0v) is 8.51. The number of hydrogen-bond donors (Lipinski definition) is 1. The summed E-state index contributed by atoms with van der Waals surface area (Å²) in [7, 11) is 0. The van der Waals surface area contributed by atoms with Crippen molar-refractivity contribution >= 4 is 0 Å². The Morgan fingerprint density at radius 1 is 1.58 bits per heavy atom. The molecule has 2 nitrogen and oxygen atoms in total. The van der Waals surface area contributed by atoms with Crippen molar-refractivity contribution in [2.75, 3.05) is 26.2 Å². The molecule has 1 aliphatic rings. The summed E-state index contributed by atoms with van der Waals surface area (Å²) in [4.78, 5) is 2.43. The second-order valence-corrected chi connectivity index (χ2v) is 4.37. The van der Waals surface area contributed by atoms with Crippen LogP contribution < -0.4 is 0 Å². The van der Waals surface area contributed by atoms with Gasteiger partial charge in [-0.2, -0.15) is 0 Å². The van der Waals surface area contributed by atoms with Gasteiger partial charge < -0.3 is 10.0 Å². The molecule has 0 amide bonds. The summed E-state index contributed by atoms with van der Waals surface area (Å²) in [5.74, 6) is 0.658. The summed E-state index contributed by atoms with van der Waals surface area (Å²) < 4.78 is 0. The summed E-state index contributed by atoms with van der Waals surface area (Å²) in [5.41, 5.74) is 0.133. The minimum absolute atomic E-state index is 0.133. The van der Waals surface area contributed by atoms with Crippen LogP contribution in [-0.4, -0.2) is 36.2 Å². The van der Waals surface area contributed by atoms with E-state index in [1.54, 1.807) is 0 Å². The van der Waals surface area contributed by atoms with Crippen LogP contribution in [0.3, 0.4) is 0 Å². The predicted octanol–water partition coefficient (Wildman–Crippen LogP) is 1.35. The van der Waals surface area contributed by atoms with Gasteiger partial charge in [0, 0.05) is 18.6 Å². The number of aliphatic hydroxyl groups is 1. The van der Waals surface area contributed by atoms with Gasteiger partial charge in [0.1, 0.15) is 0 Å². The van der Waals surface area contributed by atoms with Crippen LogP contribution in [0.2, 0.25) is 0 Å². The second kappa shape index (κ2) is 3.75. The van der Waals surface area contributed by atoms with E-state index >= 15 is 0 Å². The van der Waals surface area contributed by atoms with Crippen LogP contribution in [0.4, 0.5) is 0 Å².